The van der Waals surface area contributed by atoms with Crippen molar-refractivity contribution in [1.29, 1.82) is 0 Å². The highest BCUT2D eigenvalue weighted by Gasteiger charge is 2.41. The van der Waals surface area contributed by atoms with Crippen LogP contribution >= 0.6 is 23.2 Å². The molecule has 4 unspecified atom stereocenters. The normalized spacial score (nSPS) is 31.6. The Hall–Kier alpha value is -0.280. The highest BCUT2D eigenvalue weighted by atomic mass is 35.5. The van der Waals surface area contributed by atoms with Crippen LogP contribution < -0.4 is 5.32 Å². The molecule has 4 atom stereocenters. The summed E-state index contributed by atoms with van der Waals surface area (Å²) in [6.07, 6.45) is 4.90. The van der Waals surface area contributed by atoms with Crippen LogP contribution in [-0.4, -0.2) is 25.3 Å². The third-order valence-corrected chi connectivity index (χ3v) is 5.76. The van der Waals surface area contributed by atoms with Gasteiger partial charge in [0.25, 0.3) is 0 Å². The van der Waals surface area contributed by atoms with Crippen LogP contribution in [0.25, 0.3) is 0 Å². The molecular weight excluding hydrogens is 305 g/mol. The zero-order valence-corrected chi connectivity index (χ0v) is 14.0. The van der Waals surface area contributed by atoms with Gasteiger partial charge in [-0.3, -0.25) is 0 Å². The van der Waals surface area contributed by atoms with E-state index in [1.54, 1.807) is 0 Å². The van der Waals surface area contributed by atoms with Crippen LogP contribution in [0, 0.1) is 5.92 Å². The van der Waals surface area contributed by atoms with E-state index in [9.17, 15) is 0 Å². The van der Waals surface area contributed by atoms with E-state index in [1.807, 2.05) is 6.07 Å². The van der Waals surface area contributed by atoms with Gasteiger partial charge < -0.3 is 10.1 Å². The second kappa shape index (κ2) is 6.87. The van der Waals surface area contributed by atoms with Crippen molar-refractivity contribution in [2.24, 2.45) is 5.92 Å². The topological polar surface area (TPSA) is 21.3 Å². The Labute approximate surface area is 137 Å². The first kappa shape index (κ1) is 15.6. The number of halogens is 2. The molecule has 1 aromatic carbocycles. The third kappa shape index (κ3) is 3.39. The van der Waals surface area contributed by atoms with E-state index in [0.29, 0.717) is 34.0 Å². The molecule has 1 aromatic rings. The lowest BCUT2D eigenvalue weighted by Gasteiger charge is -2.38. The van der Waals surface area contributed by atoms with Crippen LogP contribution in [0.3, 0.4) is 0 Å². The summed E-state index contributed by atoms with van der Waals surface area (Å²) in [5.74, 6) is 1.20. The van der Waals surface area contributed by atoms with Gasteiger partial charge in [0.1, 0.15) is 0 Å². The lowest BCUT2D eigenvalue weighted by Crippen LogP contribution is -2.44. The molecule has 2 aliphatic rings. The zero-order valence-electron chi connectivity index (χ0n) is 12.4. The number of hydrogen-bond acceptors (Lipinski definition) is 2. The van der Waals surface area contributed by atoms with Crippen LogP contribution in [-0.2, 0) is 4.74 Å². The molecule has 0 aromatic heterocycles. The SMILES string of the molecule is CCOCCC1C2CCC(CC1c1ccc(Cl)c(Cl)c1)N2. The zero-order chi connectivity index (χ0) is 14.8. The lowest BCUT2D eigenvalue weighted by molar-refractivity contribution is 0.111. The first-order valence-corrected chi connectivity index (χ1v) is 8.73. The van der Waals surface area contributed by atoms with Crippen molar-refractivity contribution in [2.75, 3.05) is 13.2 Å². The van der Waals surface area contributed by atoms with Crippen molar-refractivity contribution in [3.05, 3.63) is 33.8 Å². The van der Waals surface area contributed by atoms with Crippen molar-refractivity contribution >= 4 is 23.2 Å². The van der Waals surface area contributed by atoms with Gasteiger partial charge in [0.15, 0.2) is 0 Å². The van der Waals surface area contributed by atoms with Crippen LogP contribution in [0.2, 0.25) is 10.0 Å². The molecule has 1 N–H and O–H groups in total. The second-order valence-electron chi connectivity index (χ2n) is 6.21. The number of hydrogen-bond donors (Lipinski definition) is 1. The van der Waals surface area contributed by atoms with Gasteiger partial charge >= 0.3 is 0 Å². The summed E-state index contributed by atoms with van der Waals surface area (Å²) in [5.41, 5.74) is 1.34. The standard InChI is InChI=1S/C17H23Cl2NO/c1-2-21-8-7-13-14(10-12-4-6-17(13)20-12)11-3-5-15(18)16(19)9-11/h3,5,9,12-14,17,20H,2,4,6-8,10H2,1H3. The fourth-order valence-electron chi connectivity index (χ4n) is 4.03. The minimum atomic E-state index is 0.568. The van der Waals surface area contributed by atoms with Crippen molar-refractivity contribution in [3.63, 3.8) is 0 Å². The Morgan fingerprint density at radius 2 is 2.10 bits per heavy atom. The summed E-state index contributed by atoms with van der Waals surface area (Å²) in [6.45, 7) is 3.70. The van der Waals surface area contributed by atoms with Crippen LogP contribution in [0.4, 0.5) is 0 Å². The van der Waals surface area contributed by atoms with Gasteiger partial charge in [-0.2, -0.15) is 0 Å². The molecule has 116 valence electrons. The van der Waals surface area contributed by atoms with Gasteiger partial charge in [-0.15, -0.1) is 0 Å². The summed E-state index contributed by atoms with van der Waals surface area (Å²) >= 11 is 12.3. The number of nitrogens with one attached hydrogen (secondary N) is 1. The Morgan fingerprint density at radius 1 is 1.24 bits per heavy atom. The summed E-state index contributed by atoms with van der Waals surface area (Å²) in [4.78, 5) is 0. The first-order chi connectivity index (χ1) is 10.2. The predicted molar refractivity (Wildman–Crippen MR) is 88.4 cm³/mol. The molecule has 2 heterocycles. The monoisotopic (exact) mass is 327 g/mol. The largest absolute Gasteiger partial charge is 0.382 e. The summed E-state index contributed by atoms with van der Waals surface area (Å²) < 4.78 is 5.59. The molecule has 2 saturated heterocycles. The van der Waals surface area contributed by atoms with Gasteiger partial charge in [0, 0.05) is 25.3 Å². The van der Waals surface area contributed by atoms with Crippen molar-refractivity contribution in [1.82, 2.24) is 5.32 Å². The highest BCUT2D eigenvalue weighted by Crippen LogP contribution is 2.44. The molecule has 21 heavy (non-hydrogen) atoms. The summed E-state index contributed by atoms with van der Waals surface area (Å²) in [7, 11) is 0. The Bertz CT molecular complexity index is 494. The maximum atomic E-state index is 6.22. The van der Waals surface area contributed by atoms with Crippen molar-refractivity contribution in [2.45, 2.75) is 50.6 Å². The minimum Gasteiger partial charge on any atom is -0.382 e. The fraction of sp³-hybridized carbons (Fsp3) is 0.647. The van der Waals surface area contributed by atoms with Crippen LogP contribution in [0.1, 0.15) is 44.1 Å². The summed E-state index contributed by atoms with van der Waals surface area (Å²) in [5, 5.41) is 5.09. The smallest absolute Gasteiger partial charge is 0.0595 e. The molecule has 0 aliphatic carbocycles. The molecule has 0 amide bonds. The Morgan fingerprint density at radius 3 is 2.86 bits per heavy atom. The van der Waals surface area contributed by atoms with Crippen molar-refractivity contribution in [3.8, 4) is 0 Å². The number of benzene rings is 1. The number of fused-ring (bicyclic) bond motifs is 2. The highest BCUT2D eigenvalue weighted by molar-refractivity contribution is 6.42. The molecule has 4 heteroatoms. The molecule has 3 rings (SSSR count). The van der Waals surface area contributed by atoms with E-state index in [1.165, 1.54) is 24.8 Å². The molecule has 2 aliphatic heterocycles. The van der Waals surface area contributed by atoms with Crippen LogP contribution in [0.15, 0.2) is 18.2 Å². The van der Waals surface area contributed by atoms with Gasteiger partial charge in [0.2, 0.25) is 0 Å². The van der Waals surface area contributed by atoms with Gasteiger partial charge in [-0.1, -0.05) is 29.3 Å². The van der Waals surface area contributed by atoms with E-state index >= 15 is 0 Å². The molecule has 0 saturated carbocycles. The van der Waals surface area contributed by atoms with Gasteiger partial charge in [0.05, 0.1) is 10.0 Å². The lowest BCUT2D eigenvalue weighted by atomic mass is 9.75. The molecule has 2 nitrogen and oxygen atoms in total. The fourth-order valence-corrected chi connectivity index (χ4v) is 4.33. The van der Waals surface area contributed by atoms with E-state index in [0.717, 1.165) is 19.6 Å². The average Bonchev–Trinajstić information content (AvgIpc) is 2.87. The van der Waals surface area contributed by atoms with E-state index in [4.69, 9.17) is 27.9 Å². The predicted octanol–water partition coefficient (Wildman–Crippen LogP) is 4.64. The Balaban J connectivity index is 1.80. The molecule has 2 bridgehead atoms. The molecule has 0 radical (unpaired) electrons. The average molecular weight is 328 g/mol. The quantitative estimate of drug-likeness (QED) is 0.795. The first-order valence-electron chi connectivity index (χ1n) is 7.97. The molecular formula is C17H23Cl2NO. The third-order valence-electron chi connectivity index (χ3n) is 5.02. The Kier molecular flexibility index (Phi) is 5.11. The second-order valence-corrected chi connectivity index (χ2v) is 7.03. The van der Waals surface area contributed by atoms with E-state index in [2.05, 4.69) is 24.4 Å². The van der Waals surface area contributed by atoms with Gasteiger partial charge in [-0.05, 0) is 62.1 Å². The molecule has 2 fully saturated rings. The number of piperidine rings is 1. The number of ether oxygens (including phenoxy) is 1. The van der Waals surface area contributed by atoms with E-state index in [-0.39, 0.29) is 0 Å². The summed E-state index contributed by atoms with van der Waals surface area (Å²) in [6, 6.07) is 7.44. The van der Waals surface area contributed by atoms with E-state index < -0.39 is 0 Å². The minimum absolute atomic E-state index is 0.568. The number of rotatable bonds is 5. The van der Waals surface area contributed by atoms with Crippen molar-refractivity contribution < 1.29 is 4.74 Å². The van der Waals surface area contributed by atoms with Gasteiger partial charge in [-0.25, -0.2) is 0 Å². The maximum absolute atomic E-state index is 6.22. The molecule has 0 spiro atoms. The van der Waals surface area contributed by atoms with Crippen LogP contribution in [0.5, 0.6) is 0 Å². The maximum Gasteiger partial charge on any atom is 0.0595 e.